The Hall–Kier alpha value is -0.180. The van der Waals surface area contributed by atoms with Gasteiger partial charge in [-0.1, -0.05) is 38.5 Å². The van der Waals surface area contributed by atoms with Gasteiger partial charge >= 0.3 is 0 Å². The van der Waals surface area contributed by atoms with E-state index in [-0.39, 0.29) is 0 Å². The van der Waals surface area contributed by atoms with Crippen molar-refractivity contribution >= 4 is 16.9 Å². The Morgan fingerprint density at radius 1 is 1.31 bits per heavy atom. The van der Waals surface area contributed by atoms with Gasteiger partial charge in [0.25, 0.3) is 0 Å². The molecule has 0 amide bonds. The maximum absolute atomic E-state index is 4.82. The van der Waals surface area contributed by atoms with Gasteiger partial charge in [0.05, 0.1) is 6.04 Å². The highest BCUT2D eigenvalue weighted by molar-refractivity contribution is 8.13. The molecule has 0 saturated heterocycles. The number of hydrogen-bond acceptors (Lipinski definition) is 3. The van der Waals surface area contributed by atoms with E-state index in [0.717, 1.165) is 5.92 Å². The van der Waals surface area contributed by atoms with Crippen LogP contribution in [0.15, 0.2) is 4.99 Å². The van der Waals surface area contributed by atoms with Gasteiger partial charge in [-0.15, -0.1) is 0 Å². The van der Waals surface area contributed by atoms with Crippen LogP contribution in [0, 0.1) is 11.8 Å². The Kier molecular flexibility index (Phi) is 4.17. The molecule has 1 N–H and O–H groups in total. The first-order chi connectivity index (χ1) is 7.65. The summed E-state index contributed by atoms with van der Waals surface area (Å²) >= 11 is 1.90. The lowest BCUT2D eigenvalue weighted by Gasteiger charge is -2.25. The van der Waals surface area contributed by atoms with Gasteiger partial charge in [-0.25, -0.2) is 0 Å². The van der Waals surface area contributed by atoms with E-state index in [2.05, 4.69) is 26.1 Å². The van der Waals surface area contributed by atoms with Gasteiger partial charge in [0, 0.05) is 11.8 Å². The minimum atomic E-state index is 0.539. The summed E-state index contributed by atoms with van der Waals surface area (Å²) in [5.74, 6) is 2.90. The third kappa shape index (κ3) is 3.69. The molecule has 0 spiro atoms. The lowest BCUT2D eigenvalue weighted by atomic mass is 10.0. The predicted molar refractivity (Wildman–Crippen MR) is 73.1 cm³/mol. The van der Waals surface area contributed by atoms with E-state index in [1.54, 1.807) is 0 Å². The number of nitrogens with one attached hydrogen (secondary N) is 1. The van der Waals surface area contributed by atoms with E-state index >= 15 is 0 Å². The summed E-state index contributed by atoms with van der Waals surface area (Å²) in [6, 6.07) is 1.14. The minimum Gasteiger partial charge on any atom is -0.362 e. The summed E-state index contributed by atoms with van der Waals surface area (Å²) in [6.07, 6.45) is 5.46. The number of aliphatic imine (C=N–C) groups is 1. The van der Waals surface area contributed by atoms with Crippen molar-refractivity contribution in [1.29, 1.82) is 0 Å². The Bertz CT molecular complexity index is 259. The van der Waals surface area contributed by atoms with Crippen molar-refractivity contribution in [2.45, 2.75) is 58.5 Å². The first-order valence-corrected chi connectivity index (χ1v) is 7.61. The number of rotatable bonds is 4. The van der Waals surface area contributed by atoms with E-state index < -0.39 is 0 Å². The molecule has 1 aliphatic heterocycles. The van der Waals surface area contributed by atoms with E-state index in [4.69, 9.17) is 4.99 Å². The first-order valence-electron chi connectivity index (χ1n) is 6.62. The average molecular weight is 240 g/mol. The van der Waals surface area contributed by atoms with Crippen molar-refractivity contribution in [1.82, 2.24) is 5.32 Å². The molecule has 92 valence electrons. The van der Waals surface area contributed by atoms with E-state index in [1.807, 2.05) is 11.8 Å². The summed E-state index contributed by atoms with van der Waals surface area (Å²) < 4.78 is 0. The third-order valence-corrected chi connectivity index (χ3v) is 4.40. The van der Waals surface area contributed by atoms with Crippen molar-refractivity contribution in [3.63, 3.8) is 0 Å². The fourth-order valence-corrected chi connectivity index (χ4v) is 3.26. The fraction of sp³-hybridized carbons (Fsp3) is 0.923. The summed E-state index contributed by atoms with van der Waals surface area (Å²) in [5.41, 5.74) is 0. The third-order valence-electron chi connectivity index (χ3n) is 3.46. The quantitative estimate of drug-likeness (QED) is 0.815. The Labute approximate surface area is 104 Å². The van der Waals surface area contributed by atoms with Crippen LogP contribution in [0.3, 0.4) is 0 Å². The zero-order chi connectivity index (χ0) is 11.5. The molecule has 1 heterocycles. The van der Waals surface area contributed by atoms with Crippen molar-refractivity contribution in [2.75, 3.05) is 5.75 Å². The van der Waals surface area contributed by atoms with Crippen molar-refractivity contribution < 1.29 is 0 Å². The monoisotopic (exact) mass is 240 g/mol. The molecular weight excluding hydrogens is 216 g/mol. The molecular formula is C13H24N2S. The molecule has 0 radical (unpaired) electrons. The molecule has 2 unspecified atom stereocenters. The molecule has 1 fully saturated rings. The minimum absolute atomic E-state index is 0.539. The second kappa shape index (κ2) is 5.44. The van der Waals surface area contributed by atoms with Crippen LogP contribution in [-0.2, 0) is 0 Å². The van der Waals surface area contributed by atoms with Crippen LogP contribution in [0.4, 0.5) is 0 Å². The molecule has 2 atom stereocenters. The van der Waals surface area contributed by atoms with Crippen molar-refractivity contribution in [3.8, 4) is 0 Å². The Morgan fingerprint density at radius 3 is 2.69 bits per heavy atom. The van der Waals surface area contributed by atoms with Crippen LogP contribution < -0.4 is 5.32 Å². The SMILES string of the molecule is CC(CC1CC1)NC1=NC(C(C)C)CCS1. The van der Waals surface area contributed by atoms with Crippen LogP contribution in [0.5, 0.6) is 0 Å². The Morgan fingerprint density at radius 2 is 2.06 bits per heavy atom. The van der Waals surface area contributed by atoms with E-state index in [1.165, 1.54) is 36.6 Å². The molecule has 0 aromatic carbocycles. The van der Waals surface area contributed by atoms with Gasteiger partial charge in [-0.3, -0.25) is 4.99 Å². The second-order valence-corrected chi connectivity index (χ2v) is 6.69. The average Bonchev–Trinajstić information content (AvgIpc) is 3.01. The van der Waals surface area contributed by atoms with Crippen LogP contribution >= 0.6 is 11.8 Å². The summed E-state index contributed by atoms with van der Waals surface area (Å²) in [4.78, 5) is 4.82. The van der Waals surface area contributed by atoms with E-state index in [9.17, 15) is 0 Å². The van der Waals surface area contributed by atoms with Gasteiger partial charge in [0.2, 0.25) is 0 Å². The molecule has 2 aliphatic rings. The van der Waals surface area contributed by atoms with Crippen molar-refractivity contribution in [3.05, 3.63) is 0 Å². The maximum Gasteiger partial charge on any atom is 0.157 e. The zero-order valence-electron chi connectivity index (χ0n) is 10.7. The van der Waals surface area contributed by atoms with Crippen LogP contribution in [-0.4, -0.2) is 23.0 Å². The predicted octanol–water partition coefficient (Wildman–Crippen LogP) is 3.28. The molecule has 0 aromatic heterocycles. The number of nitrogens with zero attached hydrogens (tertiary/aromatic N) is 1. The lowest BCUT2D eigenvalue weighted by Crippen LogP contribution is -2.35. The maximum atomic E-state index is 4.82. The topological polar surface area (TPSA) is 24.4 Å². The second-order valence-electron chi connectivity index (χ2n) is 5.61. The molecule has 0 aromatic rings. The summed E-state index contributed by atoms with van der Waals surface area (Å²) in [7, 11) is 0. The van der Waals surface area contributed by atoms with Crippen LogP contribution in [0.2, 0.25) is 0 Å². The number of hydrogen-bond donors (Lipinski definition) is 1. The number of thioether (sulfide) groups is 1. The van der Waals surface area contributed by atoms with Crippen LogP contribution in [0.25, 0.3) is 0 Å². The van der Waals surface area contributed by atoms with Gasteiger partial charge < -0.3 is 5.32 Å². The fourth-order valence-electron chi connectivity index (χ4n) is 2.21. The highest BCUT2D eigenvalue weighted by Gasteiger charge is 2.25. The summed E-state index contributed by atoms with van der Waals surface area (Å²) in [5, 5.41) is 4.78. The van der Waals surface area contributed by atoms with Gasteiger partial charge in [0.1, 0.15) is 0 Å². The molecule has 3 heteroatoms. The zero-order valence-corrected chi connectivity index (χ0v) is 11.5. The van der Waals surface area contributed by atoms with Gasteiger partial charge in [-0.05, 0) is 31.6 Å². The van der Waals surface area contributed by atoms with Crippen molar-refractivity contribution in [2.24, 2.45) is 16.8 Å². The normalized spacial score (nSPS) is 27.8. The smallest absolute Gasteiger partial charge is 0.157 e. The highest BCUT2D eigenvalue weighted by atomic mass is 32.2. The van der Waals surface area contributed by atoms with E-state index in [0.29, 0.717) is 18.0 Å². The molecule has 16 heavy (non-hydrogen) atoms. The van der Waals surface area contributed by atoms with Crippen LogP contribution in [0.1, 0.15) is 46.5 Å². The van der Waals surface area contributed by atoms with Gasteiger partial charge in [0.15, 0.2) is 5.17 Å². The first kappa shape index (κ1) is 12.3. The molecule has 1 saturated carbocycles. The summed E-state index contributed by atoms with van der Waals surface area (Å²) in [6.45, 7) is 6.84. The standard InChI is InChI=1S/C13H24N2S/c1-9(2)12-6-7-16-13(15-12)14-10(3)8-11-4-5-11/h9-12H,4-8H2,1-3H3,(H,14,15). The molecule has 2 rings (SSSR count). The highest BCUT2D eigenvalue weighted by Crippen LogP contribution is 2.33. The molecule has 2 nitrogen and oxygen atoms in total. The Balaban J connectivity index is 1.82. The largest absolute Gasteiger partial charge is 0.362 e. The van der Waals surface area contributed by atoms with Gasteiger partial charge in [-0.2, -0.15) is 0 Å². The molecule has 1 aliphatic carbocycles. The lowest BCUT2D eigenvalue weighted by molar-refractivity contribution is 0.479. The number of amidine groups is 1. The molecule has 0 bridgehead atoms.